The average molecular weight is 301 g/mol. The lowest BCUT2D eigenvalue weighted by molar-refractivity contribution is 0.188. The molecule has 0 atom stereocenters. The van der Waals surface area contributed by atoms with Gasteiger partial charge < -0.3 is 15.7 Å². The Kier molecular flexibility index (Phi) is 4.85. The number of piperazine rings is 1. The van der Waals surface area contributed by atoms with Crippen LogP contribution < -0.4 is 10.6 Å². The van der Waals surface area contributed by atoms with Crippen LogP contribution in [0.1, 0.15) is 5.56 Å². The molecule has 0 aliphatic carbocycles. The number of hydrogen-bond donors (Lipinski definition) is 2. The highest BCUT2D eigenvalue weighted by Crippen LogP contribution is 2.25. The largest absolute Gasteiger partial charge is 0.395 e. The van der Waals surface area contributed by atoms with E-state index in [0.29, 0.717) is 32.7 Å². The van der Waals surface area contributed by atoms with Gasteiger partial charge in [0, 0.05) is 38.3 Å². The van der Waals surface area contributed by atoms with E-state index in [2.05, 4.69) is 17.1 Å². The van der Waals surface area contributed by atoms with E-state index >= 15 is 0 Å². The second-order valence-electron chi connectivity index (χ2n) is 4.68. The normalized spacial score (nSPS) is 16.4. The van der Waals surface area contributed by atoms with Crippen LogP contribution in [0.3, 0.4) is 0 Å². The third-order valence-corrected chi connectivity index (χ3v) is 3.68. The van der Waals surface area contributed by atoms with E-state index in [9.17, 15) is 8.78 Å². The molecule has 1 aliphatic heterocycles. The topological polar surface area (TPSA) is 52.7 Å². The maximum atomic E-state index is 14.1. The predicted octanol–water partition coefficient (Wildman–Crippen LogP) is 0.713. The van der Waals surface area contributed by atoms with Crippen molar-refractivity contribution in [1.82, 2.24) is 4.90 Å². The highest BCUT2D eigenvalue weighted by Gasteiger charge is 2.22. The lowest BCUT2D eigenvalue weighted by Crippen LogP contribution is -2.47. The lowest BCUT2D eigenvalue weighted by atomic mass is 10.1. The lowest BCUT2D eigenvalue weighted by Gasteiger charge is -2.36. The zero-order chi connectivity index (χ0) is 14.7. The molecular weight excluding hydrogens is 284 g/mol. The summed E-state index contributed by atoms with van der Waals surface area (Å²) in [5.41, 5.74) is 5.50. The first-order valence-electron chi connectivity index (χ1n) is 6.40. The van der Waals surface area contributed by atoms with Crippen LogP contribution in [0, 0.1) is 11.6 Å². The molecule has 110 valence electrons. The Bertz CT molecular complexity index is 505. The fourth-order valence-corrected chi connectivity index (χ4v) is 2.49. The van der Waals surface area contributed by atoms with Gasteiger partial charge in [-0.1, -0.05) is 12.2 Å². The molecule has 1 saturated heterocycles. The van der Waals surface area contributed by atoms with Crippen molar-refractivity contribution in [1.29, 1.82) is 0 Å². The van der Waals surface area contributed by atoms with Gasteiger partial charge in [0.25, 0.3) is 0 Å². The van der Waals surface area contributed by atoms with E-state index in [4.69, 9.17) is 10.8 Å². The highest BCUT2D eigenvalue weighted by molar-refractivity contribution is 7.80. The molecule has 0 aromatic heterocycles. The minimum absolute atomic E-state index is 0.0693. The molecule has 4 nitrogen and oxygen atoms in total. The first-order valence-corrected chi connectivity index (χ1v) is 6.81. The van der Waals surface area contributed by atoms with Crippen LogP contribution in [0.15, 0.2) is 12.1 Å². The van der Waals surface area contributed by atoms with Crippen LogP contribution in [0.25, 0.3) is 0 Å². The average Bonchev–Trinajstić information content (AvgIpc) is 2.43. The maximum absolute atomic E-state index is 14.1. The van der Waals surface area contributed by atoms with Crippen molar-refractivity contribution >= 4 is 22.9 Å². The van der Waals surface area contributed by atoms with E-state index in [1.165, 1.54) is 12.1 Å². The summed E-state index contributed by atoms with van der Waals surface area (Å²) in [5.74, 6) is -1.90. The second-order valence-corrected chi connectivity index (χ2v) is 5.12. The zero-order valence-corrected chi connectivity index (χ0v) is 11.8. The van der Waals surface area contributed by atoms with Gasteiger partial charge in [0.05, 0.1) is 12.3 Å². The van der Waals surface area contributed by atoms with Crippen molar-refractivity contribution in [3.63, 3.8) is 0 Å². The summed E-state index contributed by atoms with van der Waals surface area (Å²) in [6, 6.07) is 2.92. The molecule has 2 rings (SSSR count). The second kappa shape index (κ2) is 6.43. The molecule has 0 unspecified atom stereocenters. The van der Waals surface area contributed by atoms with Gasteiger partial charge in [0.1, 0.15) is 4.99 Å². The van der Waals surface area contributed by atoms with Crippen LogP contribution in [-0.2, 0) is 0 Å². The smallest absolute Gasteiger partial charge is 0.182 e. The fourth-order valence-electron chi connectivity index (χ4n) is 2.33. The number of nitrogens with two attached hydrogens (primary N) is 1. The van der Waals surface area contributed by atoms with Gasteiger partial charge in [-0.25, -0.2) is 8.78 Å². The minimum atomic E-state index is -0.993. The minimum Gasteiger partial charge on any atom is -0.395 e. The summed E-state index contributed by atoms with van der Waals surface area (Å²) in [6.45, 7) is 3.29. The van der Waals surface area contributed by atoms with E-state index in [1.807, 2.05) is 0 Å². The monoisotopic (exact) mass is 301 g/mol. The summed E-state index contributed by atoms with van der Waals surface area (Å²) >= 11 is 4.68. The Morgan fingerprint density at radius 1 is 1.20 bits per heavy atom. The van der Waals surface area contributed by atoms with Crippen LogP contribution >= 0.6 is 12.2 Å². The zero-order valence-electron chi connectivity index (χ0n) is 11.0. The molecule has 0 amide bonds. The summed E-state index contributed by atoms with van der Waals surface area (Å²) in [7, 11) is 0. The van der Waals surface area contributed by atoms with Crippen molar-refractivity contribution in [2.75, 3.05) is 44.2 Å². The molecule has 0 saturated carbocycles. The van der Waals surface area contributed by atoms with Crippen molar-refractivity contribution in [2.24, 2.45) is 5.73 Å². The SMILES string of the molecule is NC(=S)c1ccc(N2CCN(CCO)CC2)c(F)c1F. The summed E-state index contributed by atoms with van der Waals surface area (Å²) in [6.07, 6.45) is 0. The maximum Gasteiger partial charge on any atom is 0.182 e. The number of aliphatic hydroxyl groups excluding tert-OH is 1. The molecule has 0 radical (unpaired) electrons. The van der Waals surface area contributed by atoms with Crippen molar-refractivity contribution < 1.29 is 13.9 Å². The molecule has 1 heterocycles. The molecule has 20 heavy (non-hydrogen) atoms. The third-order valence-electron chi connectivity index (χ3n) is 3.46. The molecule has 1 aromatic carbocycles. The van der Waals surface area contributed by atoms with Gasteiger partial charge in [-0.3, -0.25) is 4.90 Å². The van der Waals surface area contributed by atoms with E-state index in [1.54, 1.807) is 4.90 Å². The number of halogens is 2. The number of anilines is 1. The Balaban J connectivity index is 2.15. The molecule has 1 aliphatic rings. The quantitative estimate of drug-likeness (QED) is 0.803. The van der Waals surface area contributed by atoms with E-state index in [0.717, 1.165) is 0 Å². The summed E-state index contributed by atoms with van der Waals surface area (Å²) < 4.78 is 27.9. The Morgan fingerprint density at radius 2 is 1.85 bits per heavy atom. The molecule has 1 aromatic rings. The van der Waals surface area contributed by atoms with Gasteiger partial charge in [0.2, 0.25) is 0 Å². The molecule has 3 N–H and O–H groups in total. The Hall–Kier alpha value is -1.31. The van der Waals surface area contributed by atoms with Crippen molar-refractivity contribution in [3.8, 4) is 0 Å². The number of aliphatic hydroxyl groups is 1. The number of rotatable bonds is 4. The molecule has 0 bridgehead atoms. The Labute approximate surface area is 121 Å². The third kappa shape index (κ3) is 3.05. The number of β-amino-alcohol motifs (C(OH)–C–C–N with tert-alkyl or cyclic N) is 1. The highest BCUT2D eigenvalue weighted by atomic mass is 32.1. The first-order chi connectivity index (χ1) is 9.54. The fraction of sp³-hybridized carbons (Fsp3) is 0.462. The van der Waals surface area contributed by atoms with Crippen molar-refractivity contribution in [3.05, 3.63) is 29.3 Å². The van der Waals surface area contributed by atoms with E-state index in [-0.39, 0.29) is 22.8 Å². The molecule has 1 fully saturated rings. The predicted molar refractivity (Wildman–Crippen MR) is 78.0 cm³/mol. The van der Waals surface area contributed by atoms with Crippen LogP contribution in [0.2, 0.25) is 0 Å². The van der Waals surface area contributed by atoms with E-state index < -0.39 is 11.6 Å². The van der Waals surface area contributed by atoms with Crippen molar-refractivity contribution in [2.45, 2.75) is 0 Å². The van der Waals surface area contributed by atoms with Gasteiger partial charge in [-0.15, -0.1) is 0 Å². The Morgan fingerprint density at radius 3 is 2.40 bits per heavy atom. The van der Waals surface area contributed by atoms with Gasteiger partial charge in [-0.2, -0.15) is 0 Å². The standard InChI is InChI=1S/C13H17F2N3OS/c14-11-9(13(16)20)1-2-10(12(11)15)18-5-3-17(4-6-18)7-8-19/h1-2,19H,3-8H2,(H2,16,20). The number of benzene rings is 1. The van der Waals surface area contributed by atoms with Crippen LogP contribution in [-0.4, -0.2) is 54.3 Å². The number of nitrogens with zero attached hydrogens (tertiary/aromatic N) is 2. The van der Waals surface area contributed by atoms with Gasteiger partial charge >= 0.3 is 0 Å². The summed E-state index contributed by atoms with van der Waals surface area (Å²) in [5, 5.41) is 8.88. The number of hydrogen-bond acceptors (Lipinski definition) is 4. The summed E-state index contributed by atoms with van der Waals surface area (Å²) in [4.78, 5) is 3.71. The van der Waals surface area contributed by atoms with Crippen LogP contribution in [0.5, 0.6) is 0 Å². The molecular formula is C13H17F2N3OS. The molecule has 7 heteroatoms. The number of thiocarbonyl (C=S) groups is 1. The molecule has 0 spiro atoms. The van der Waals surface area contributed by atoms with Gasteiger partial charge in [-0.05, 0) is 12.1 Å². The van der Waals surface area contributed by atoms with Crippen LogP contribution in [0.4, 0.5) is 14.5 Å². The van der Waals surface area contributed by atoms with Gasteiger partial charge in [0.15, 0.2) is 11.6 Å². The first kappa shape index (κ1) is 15.1.